The van der Waals surface area contributed by atoms with Gasteiger partial charge in [0, 0.05) is 49.5 Å². The third kappa shape index (κ3) is 6.61. The molecule has 0 radical (unpaired) electrons. The molecule has 5 heterocycles. The van der Waals surface area contributed by atoms with E-state index < -0.39 is 12.1 Å². The van der Waals surface area contributed by atoms with Gasteiger partial charge >= 0.3 is 0 Å². The second-order valence-electron chi connectivity index (χ2n) is 10.4. The Morgan fingerprint density at radius 3 is 2.66 bits per heavy atom. The van der Waals surface area contributed by atoms with Gasteiger partial charge in [-0.1, -0.05) is 17.3 Å². The molecule has 226 valence electrons. The van der Waals surface area contributed by atoms with Crippen molar-refractivity contribution in [3.8, 4) is 28.6 Å². The van der Waals surface area contributed by atoms with Gasteiger partial charge in [0.2, 0.25) is 17.6 Å². The van der Waals surface area contributed by atoms with Crippen LogP contribution < -0.4 is 24.8 Å². The van der Waals surface area contributed by atoms with E-state index >= 15 is 0 Å². The first-order valence-electron chi connectivity index (χ1n) is 14.1. The van der Waals surface area contributed by atoms with Crippen molar-refractivity contribution in [1.82, 2.24) is 30.7 Å². The third-order valence-electron chi connectivity index (χ3n) is 7.38. The van der Waals surface area contributed by atoms with Crippen LogP contribution in [0.4, 0.5) is 0 Å². The predicted molar refractivity (Wildman–Crippen MR) is 155 cm³/mol. The zero-order valence-electron chi connectivity index (χ0n) is 23.9. The molecule has 2 atom stereocenters. The van der Waals surface area contributed by atoms with E-state index in [-0.39, 0.29) is 56.0 Å². The van der Waals surface area contributed by atoms with Gasteiger partial charge in [-0.05, 0) is 48.0 Å². The minimum Gasteiger partial charge on any atom is -0.493 e. The van der Waals surface area contributed by atoms with Gasteiger partial charge in [0.1, 0.15) is 11.9 Å². The molecular formula is C31H30N6O7. The summed E-state index contributed by atoms with van der Waals surface area (Å²) in [5.41, 5.74) is 1.94. The highest BCUT2D eigenvalue weighted by atomic mass is 16.5. The van der Waals surface area contributed by atoms with E-state index in [9.17, 15) is 14.4 Å². The fraction of sp³-hybridized carbons (Fsp3) is 0.290. The summed E-state index contributed by atoms with van der Waals surface area (Å²) in [7, 11) is 1.48. The summed E-state index contributed by atoms with van der Waals surface area (Å²) in [6.45, 7) is 0.569. The Morgan fingerprint density at radius 1 is 1.05 bits per heavy atom. The van der Waals surface area contributed by atoms with Gasteiger partial charge in [-0.2, -0.15) is 4.98 Å². The number of rotatable bonds is 5. The first-order valence-corrected chi connectivity index (χ1v) is 14.1. The van der Waals surface area contributed by atoms with E-state index in [1.165, 1.54) is 13.2 Å². The van der Waals surface area contributed by atoms with Gasteiger partial charge in [-0.25, -0.2) is 0 Å². The number of ether oxygens (including phenoxy) is 3. The molecule has 2 aromatic heterocycles. The van der Waals surface area contributed by atoms with Crippen LogP contribution in [0.3, 0.4) is 0 Å². The minimum atomic E-state index is -0.514. The van der Waals surface area contributed by atoms with Crippen LogP contribution in [0.2, 0.25) is 0 Å². The van der Waals surface area contributed by atoms with Gasteiger partial charge in [-0.15, -0.1) is 0 Å². The van der Waals surface area contributed by atoms with E-state index in [2.05, 4.69) is 25.8 Å². The van der Waals surface area contributed by atoms with E-state index in [1.54, 1.807) is 53.7 Å². The van der Waals surface area contributed by atoms with Crippen molar-refractivity contribution in [2.75, 3.05) is 26.8 Å². The smallest absolute Gasteiger partial charge is 0.258 e. The number of likely N-dealkylation sites (tertiary alicyclic amines) is 1. The number of nitrogens with zero attached hydrogens (tertiary/aromatic N) is 4. The van der Waals surface area contributed by atoms with E-state index in [0.717, 1.165) is 11.1 Å². The second-order valence-corrected chi connectivity index (χ2v) is 10.4. The maximum atomic E-state index is 13.4. The third-order valence-corrected chi connectivity index (χ3v) is 7.38. The molecule has 0 spiro atoms. The topological polar surface area (TPSA) is 158 Å². The van der Waals surface area contributed by atoms with E-state index in [0.29, 0.717) is 35.3 Å². The fourth-order valence-electron chi connectivity index (χ4n) is 5.02. The van der Waals surface area contributed by atoms with Crippen LogP contribution in [-0.4, -0.2) is 76.7 Å². The largest absolute Gasteiger partial charge is 0.493 e. The summed E-state index contributed by atoms with van der Waals surface area (Å²) >= 11 is 0. The highest BCUT2D eigenvalue weighted by molar-refractivity contribution is 5.95. The Kier molecular flexibility index (Phi) is 8.34. The molecular weight excluding hydrogens is 568 g/mol. The minimum absolute atomic E-state index is 0.132. The van der Waals surface area contributed by atoms with Crippen molar-refractivity contribution in [1.29, 1.82) is 0 Å². The number of aryl methyl sites for hydroxylation is 1. The summed E-state index contributed by atoms with van der Waals surface area (Å²) in [4.78, 5) is 49.1. The molecule has 3 amide bonds. The Morgan fingerprint density at radius 2 is 1.86 bits per heavy atom. The summed E-state index contributed by atoms with van der Waals surface area (Å²) in [6.07, 6.45) is 3.18. The van der Waals surface area contributed by atoms with Crippen LogP contribution in [-0.2, 0) is 22.6 Å². The number of hydrogen-bond acceptors (Lipinski definition) is 10. The van der Waals surface area contributed by atoms with Crippen molar-refractivity contribution in [2.24, 2.45) is 0 Å². The van der Waals surface area contributed by atoms with Crippen LogP contribution in [0, 0.1) is 0 Å². The number of hydrogen-bond donors (Lipinski definition) is 2. The normalized spacial score (nSPS) is 18.3. The number of amides is 3. The van der Waals surface area contributed by atoms with Crippen molar-refractivity contribution in [2.45, 2.75) is 31.5 Å². The summed E-state index contributed by atoms with van der Waals surface area (Å²) in [5.74, 6) is 1.16. The van der Waals surface area contributed by atoms with Crippen LogP contribution >= 0.6 is 0 Å². The first kappa shape index (κ1) is 28.6. The number of pyridine rings is 1. The maximum Gasteiger partial charge on any atom is 0.258 e. The van der Waals surface area contributed by atoms with Gasteiger partial charge < -0.3 is 34.3 Å². The lowest BCUT2D eigenvalue weighted by molar-refractivity contribution is -0.130. The molecule has 3 aliphatic heterocycles. The molecule has 0 unspecified atom stereocenters. The number of benzene rings is 2. The van der Waals surface area contributed by atoms with Crippen LogP contribution in [0.5, 0.6) is 17.2 Å². The Hall–Kier alpha value is -5.46. The molecule has 2 N–H and O–H groups in total. The number of methoxy groups -OCH3 is 1. The lowest BCUT2D eigenvalue weighted by Gasteiger charge is -2.21. The Labute approximate surface area is 252 Å². The highest BCUT2D eigenvalue weighted by Gasteiger charge is 2.38. The summed E-state index contributed by atoms with van der Waals surface area (Å²) in [5, 5.41) is 9.83. The predicted octanol–water partition coefficient (Wildman–Crippen LogP) is 2.17. The van der Waals surface area contributed by atoms with Crippen molar-refractivity contribution < 1.29 is 33.1 Å². The lowest BCUT2D eigenvalue weighted by Crippen LogP contribution is -2.45. The zero-order valence-corrected chi connectivity index (χ0v) is 23.9. The molecule has 0 saturated carbocycles. The number of carbonyl (C=O) groups is 3. The zero-order chi connectivity index (χ0) is 30.5. The Balaban J connectivity index is 1.18. The quantitative estimate of drug-likeness (QED) is 0.349. The van der Waals surface area contributed by atoms with Gasteiger partial charge in [0.25, 0.3) is 11.8 Å². The molecule has 3 aliphatic rings. The van der Waals surface area contributed by atoms with Crippen molar-refractivity contribution >= 4 is 17.7 Å². The maximum absolute atomic E-state index is 13.4. The molecule has 1 fully saturated rings. The average Bonchev–Trinajstić information content (AvgIpc) is 3.69. The summed E-state index contributed by atoms with van der Waals surface area (Å²) < 4.78 is 22.7. The number of carbonyl (C=O) groups excluding carboxylic acids is 3. The fourth-order valence-corrected chi connectivity index (χ4v) is 5.02. The van der Waals surface area contributed by atoms with Crippen molar-refractivity contribution in [3.05, 3.63) is 84.0 Å². The average molecular weight is 599 g/mol. The van der Waals surface area contributed by atoms with Gasteiger partial charge in [0.15, 0.2) is 18.1 Å². The molecule has 1 saturated heterocycles. The van der Waals surface area contributed by atoms with E-state index in [4.69, 9.17) is 18.7 Å². The highest BCUT2D eigenvalue weighted by Crippen LogP contribution is 2.29. The van der Waals surface area contributed by atoms with E-state index in [1.807, 2.05) is 12.1 Å². The Bertz CT molecular complexity index is 1640. The SMILES string of the molecule is COc1ccc2cc1OCC(=O)NCc1ccc(cc1)O[C@H]1CN(C(=O)CCc3nc(-c4ccncc4)no3)C[C@@H]1NC2=O. The number of aromatic nitrogens is 3. The number of nitrogens with one attached hydrogen (secondary N) is 2. The molecule has 4 bridgehead atoms. The van der Waals surface area contributed by atoms with Gasteiger partial charge in [0.05, 0.1) is 19.7 Å². The van der Waals surface area contributed by atoms with Crippen LogP contribution in [0.1, 0.15) is 28.2 Å². The molecule has 44 heavy (non-hydrogen) atoms. The molecule has 4 aromatic rings. The number of fused-ring (bicyclic) bond motifs is 7. The second kappa shape index (κ2) is 12.8. The van der Waals surface area contributed by atoms with Crippen LogP contribution in [0.15, 0.2) is 71.5 Å². The lowest BCUT2D eigenvalue weighted by atomic mass is 10.1. The van der Waals surface area contributed by atoms with Crippen LogP contribution in [0.25, 0.3) is 11.4 Å². The summed E-state index contributed by atoms with van der Waals surface area (Å²) in [6, 6.07) is 15.1. The molecule has 0 aliphatic carbocycles. The standard InChI is InChI=1S/C31H30N6O7/c1-41-24-7-4-21-14-25(24)42-18-27(38)33-15-19-2-5-22(6-3-19)43-26-17-37(16-23(26)34-31(21)40)29(39)9-8-28-35-30(36-44-28)20-10-12-32-13-11-20/h2-7,10-14,23,26H,8-9,15-18H2,1H3,(H,33,38)(H,34,40)/t23-,26-/m0/s1. The molecule has 13 nitrogen and oxygen atoms in total. The monoisotopic (exact) mass is 598 g/mol. The molecule has 13 heteroatoms. The molecule has 7 rings (SSSR count). The van der Waals surface area contributed by atoms with Gasteiger partial charge in [-0.3, -0.25) is 19.4 Å². The first-order chi connectivity index (χ1) is 21.4. The molecule has 2 aromatic carbocycles. The van der Waals surface area contributed by atoms with Crippen molar-refractivity contribution in [3.63, 3.8) is 0 Å².